The Balaban J connectivity index is 2.87. The summed E-state index contributed by atoms with van der Waals surface area (Å²) in [5, 5.41) is 2.17. The van der Waals surface area contributed by atoms with Crippen LogP contribution < -0.4 is 5.32 Å². The molecule has 0 spiro atoms. The largest absolute Gasteiger partial charge is 0.323 e. The lowest BCUT2D eigenvalue weighted by atomic mass is 10.3. The van der Waals surface area contributed by atoms with Crippen LogP contribution in [0.4, 0.5) is 0 Å². The van der Waals surface area contributed by atoms with Gasteiger partial charge in [-0.15, -0.1) is 0 Å². The van der Waals surface area contributed by atoms with Crippen LogP contribution in [0.2, 0.25) is 0 Å². The van der Waals surface area contributed by atoms with E-state index in [-0.39, 0.29) is 11.9 Å². The van der Waals surface area contributed by atoms with E-state index in [2.05, 4.69) is 5.32 Å². The number of sulfone groups is 1. The first-order chi connectivity index (χ1) is 7.38. The van der Waals surface area contributed by atoms with Gasteiger partial charge in [-0.3, -0.25) is 4.79 Å². The number of nitrogens with zero attached hydrogens (tertiary/aromatic N) is 1. The highest BCUT2D eigenvalue weighted by molar-refractivity contribution is 8.00. The molecule has 0 radical (unpaired) electrons. The first-order valence-corrected chi connectivity index (χ1v) is 8.23. The van der Waals surface area contributed by atoms with Gasteiger partial charge in [-0.05, 0) is 14.0 Å². The quantitative estimate of drug-likeness (QED) is 0.749. The second-order valence-corrected chi connectivity index (χ2v) is 7.25. The van der Waals surface area contributed by atoms with Gasteiger partial charge in [-0.1, -0.05) is 0 Å². The van der Waals surface area contributed by atoms with Crippen molar-refractivity contribution in [2.24, 2.45) is 0 Å². The second-order valence-electron chi connectivity index (χ2n) is 3.90. The monoisotopic (exact) mass is 266 g/mol. The van der Waals surface area contributed by atoms with Gasteiger partial charge in [0.15, 0.2) is 9.84 Å². The number of nitrogens with one attached hydrogen (secondary N) is 1. The number of thioether (sulfide) groups is 1. The Bertz CT molecular complexity index is 356. The highest BCUT2D eigenvalue weighted by Crippen LogP contribution is 2.20. The number of hydrogen-bond acceptors (Lipinski definition) is 5. The third-order valence-electron chi connectivity index (χ3n) is 2.67. The van der Waals surface area contributed by atoms with Crippen molar-refractivity contribution in [1.82, 2.24) is 10.2 Å². The average Bonchev–Trinajstić information content (AvgIpc) is 2.26. The van der Waals surface area contributed by atoms with Crippen LogP contribution in [-0.4, -0.2) is 62.0 Å². The van der Waals surface area contributed by atoms with E-state index in [0.717, 1.165) is 5.75 Å². The molecule has 2 atom stereocenters. The standard InChI is InChI=1S/C9H18N2O3S2/c1-7(10-2)9(12)11-4-5-15-6-8(11)16(3,13)14/h7-8,10H,4-6H2,1-3H3. The van der Waals surface area contributed by atoms with Crippen molar-refractivity contribution in [2.45, 2.75) is 18.3 Å². The molecule has 1 heterocycles. The van der Waals surface area contributed by atoms with E-state index in [4.69, 9.17) is 0 Å². The fourth-order valence-electron chi connectivity index (χ4n) is 1.56. The van der Waals surface area contributed by atoms with E-state index >= 15 is 0 Å². The Morgan fingerprint density at radius 3 is 2.69 bits per heavy atom. The zero-order valence-corrected chi connectivity index (χ0v) is 11.4. The fraction of sp³-hybridized carbons (Fsp3) is 0.889. The lowest BCUT2D eigenvalue weighted by molar-refractivity contribution is -0.133. The molecule has 1 rings (SSSR count). The van der Waals surface area contributed by atoms with Crippen LogP contribution in [-0.2, 0) is 14.6 Å². The van der Waals surface area contributed by atoms with Gasteiger partial charge in [0.2, 0.25) is 5.91 Å². The third-order valence-corrected chi connectivity index (χ3v) is 5.31. The molecule has 7 heteroatoms. The van der Waals surface area contributed by atoms with E-state index in [1.54, 1.807) is 25.7 Å². The molecule has 16 heavy (non-hydrogen) atoms. The predicted molar refractivity (Wildman–Crippen MR) is 66.2 cm³/mol. The summed E-state index contributed by atoms with van der Waals surface area (Å²) in [5.41, 5.74) is 0. The Morgan fingerprint density at radius 1 is 1.56 bits per heavy atom. The summed E-state index contributed by atoms with van der Waals surface area (Å²) >= 11 is 1.58. The van der Waals surface area contributed by atoms with Gasteiger partial charge in [0.1, 0.15) is 5.37 Å². The van der Waals surface area contributed by atoms with Crippen molar-refractivity contribution in [3.8, 4) is 0 Å². The molecule has 1 saturated heterocycles. The topological polar surface area (TPSA) is 66.5 Å². The van der Waals surface area contributed by atoms with Gasteiger partial charge in [-0.25, -0.2) is 8.42 Å². The van der Waals surface area contributed by atoms with Crippen LogP contribution >= 0.6 is 11.8 Å². The number of carbonyl (C=O) groups excluding carboxylic acids is 1. The fourth-order valence-corrected chi connectivity index (χ4v) is 4.38. The SMILES string of the molecule is CNC(C)C(=O)N1CCSCC1S(C)(=O)=O. The first-order valence-electron chi connectivity index (χ1n) is 5.12. The maximum absolute atomic E-state index is 12.0. The number of likely N-dealkylation sites (N-methyl/N-ethyl adjacent to an activating group) is 1. The van der Waals surface area contributed by atoms with Gasteiger partial charge < -0.3 is 10.2 Å². The molecule has 1 N–H and O–H groups in total. The summed E-state index contributed by atoms with van der Waals surface area (Å²) in [7, 11) is -1.51. The summed E-state index contributed by atoms with van der Waals surface area (Å²) in [6.45, 7) is 2.25. The van der Waals surface area contributed by atoms with Gasteiger partial charge in [0.25, 0.3) is 0 Å². The predicted octanol–water partition coefficient (Wildman–Crippen LogP) is -0.460. The highest BCUT2D eigenvalue weighted by atomic mass is 32.2. The molecule has 94 valence electrons. The molecule has 1 aliphatic heterocycles. The average molecular weight is 266 g/mol. The van der Waals surface area contributed by atoms with Crippen molar-refractivity contribution in [2.75, 3.05) is 31.4 Å². The number of amides is 1. The Hall–Kier alpha value is -0.270. The second kappa shape index (κ2) is 5.37. The molecule has 0 bridgehead atoms. The minimum Gasteiger partial charge on any atom is -0.323 e. The molecule has 1 amide bonds. The molecule has 0 aromatic rings. The maximum Gasteiger partial charge on any atom is 0.240 e. The molecule has 2 unspecified atom stereocenters. The van der Waals surface area contributed by atoms with Crippen molar-refractivity contribution in [3.63, 3.8) is 0 Å². The molecule has 0 aliphatic carbocycles. The van der Waals surface area contributed by atoms with Crippen molar-refractivity contribution in [1.29, 1.82) is 0 Å². The van der Waals surface area contributed by atoms with Crippen LogP contribution in [0.1, 0.15) is 6.92 Å². The van der Waals surface area contributed by atoms with Crippen LogP contribution in [0.15, 0.2) is 0 Å². The molecule has 5 nitrogen and oxygen atoms in total. The van der Waals surface area contributed by atoms with E-state index in [1.807, 2.05) is 0 Å². The van der Waals surface area contributed by atoms with Crippen LogP contribution in [0.25, 0.3) is 0 Å². The Kier molecular flexibility index (Phi) is 4.63. The molecule has 1 aliphatic rings. The minimum absolute atomic E-state index is 0.141. The highest BCUT2D eigenvalue weighted by Gasteiger charge is 2.35. The lowest BCUT2D eigenvalue weighted by Crippen LogP contribution is -2.54. The maximum atomic E-state index is 12.0. The molecule has 1 fully saturated rings. The van der Waals surface area contributed by atoms with E-state index < -0.39 is 15.2 Å². The molecular formula is C9H18N2O3S2. The Morgan fingerprint density at radius 2 is 2.19 bits per heavy atom. The summed E-state index contributed by atoms with van der Waals surface area (Å²) < 4.78 is 23.2. The van der Waals surface area contributed by atoms with E-state index in [0.29, 0.717) is 12.3 Å². The van der Waals surface area contributed by atoms with Gasteiger partial charge in [0, 0.05) is 24.3 Å². The first kappa shape index (κ1) is 13.8. The number of carbonyl (C=O) groups is 1. The van der Waals surface area contributed by atoms with Crippen LogP contribution in [0, 0.1) is 0 Å². The van der Waals surface area contributed by atoms with Crippen molar-refractivity contribution in [3.05, 3.63) is 0 Å². The lowest BCUT2D eigenvalue weighted by Gasteiger charge is -2.35. The van der Waals surface area contributed by atoms with E-state index in [1.165, 1.54) is 11.2 Å². The van der Waals surface area contributed by atoms with Crippen molar-refractivity contribution < 1.29 is 13.2 Å². The minimum atomic E-state index is -3.21. The Labute approximate surface area is 101 Å². The van der Waals surface area contributed by atoms with Gasteiger partial charge in [-0.2, -0.15) is 11.8 Å². The summed E-state index contributed by atoms with van der Waals surface area (Å²) in [5.74, 6) is 1.13. The molecule has 0 aromatic carbocycles. The van der Waals surface area contributed by atoms with Gasteiger partial charge >= 0.3 is 0 Å². The number of rotatable bonds is 3. The van der Waals surface area contributed by atoms with Gasteiger partial charge in [0.05, 0.1) is 6.04 Å². The normalized spacial score (nSPS) is 24.2. The van der Waals surface area contributed by atoms with Crippen molar-refractivity contribution >= 4 is 27.5 Å². The number of hydrogen-bond donors (Lipinski definition) is 1. The third kappa shape index (κ3) is 3.11. The molecule has 0 aromatic heterocycles. The smallest absolute Gasteiger partial charge is 0.240 e. The summed E-state index contributed by atoms with van der Waals surface area (Å²) in [6.07, 6.45) is 1.19. The molecular weight excluding hydrogens is 248 g/mol. The van der Waals surface area contributed by atoms with Crippen LogP contribution in [0.3, 0.4) is 0 Å². The van der Waals surface area contributed by atoms with E-state index in [9.17, 15) is 13.2 Å². The zero-order valence-electron chi connectivity index (χ0n) is 9.76. The summed E-state index contributed by atoms with van der Waals surface area (Å²) in [4.78, 5) is 13.5. The van der Waals surface area contributed by atoms with Crippen LogP contribution in [0.5, 0.6) is 0 Å². The summed E-state index contributed by atoms with van der Waals surface area (Å²) in [6, 6.07) is -0.340. The zero-order chi connectivity index (χ0) is 12.3. The molecule has 0 saturated carbocycles.